The predicted octanol–water partition coefficient (Wildman–Crippen LogP) is 2.37. The third-order valence-electron chi connectivity index (χ3n) is 1.89. The second kappa shape index (κ2) is 6.19. The fraction of sp³-hybridized carbons (Fsp3) is 0.364. The lowest BCUT2D eigenvalue weighted by atomic mass is 10.1. The van der Waals surface area contributed by atoms with E-state index in [4.69, 9.17) is 17.3 Å². The van der Waals surface area contributed by atoms with E-state index in [1.807, 2.05) is 0 Å². The summed E-state index contributed by atoms with van der Waals surface area (Å²) in [5.74, 6) is -0.863. The number of nitrogens with two attached hydrogens (primary N) is 1. The molecule has 0 unspecified atom stereocenters. The van der Waals surface area contributed by atoms with Crippen molar-refractivity contribution in [1.82, 2.24) is 5.32 Å². The van der Waals surface area contributed by atoms with Crippen LogP contribution in [0.1, 0.15) is 24.2 Å². The van der Waals surface area contributed by atoms with Gasteiger partial charge in [0.1, 0.15) is 5.82 Å². The lowest BCUT2D eigenvalue weighted by molar-refractivity contribution is 0.0946. The van der Waals surface area contributed by atoms with Crippen LogP contribution in [0.15, 0.2) is 18.2 Å². The highest BCUT2D eigenvalue weighted by Gasteiger charge is 2.14. The van der Waals surface area contributed by atoms with Crippen molar-refractivity contribution in [2.24, 2.45) is 5.73 Å². The molecule has 0 spiro atoms. The molecular formula is C11H15Cl2FN2O. The lowest BCUT2D eigenvalue weighted by Crippen LogP contribution is -2.45. The third-order valence-corrected chi connectivity index (χ3v) is 2.18. The molecule has 0 saturated heterocycles. The molecule has 3 N–H and O–H groups in total. The van der Waals surface area contributed by atoms with Crippen LogP contribution in [0.25, 0.3) is 0 Å². The zero-order valence-corrected chi connectivity index (χ0v) is 11.2. The molecule has 1 rings (SSSR count). The highest BCUT2D eigenvalue weighted by atomic mass is 35.5. The average Bonchev–Trinajstić information content (AvgIpc) is 2.17. The maximum atomic E-state index is 12.9. The van der Waals surface area contributed by atoms with Gasteiger partial charge in [-0.3, -0.25) is 4.79 Å². The number of rotatable bonds is 3. The monoisotopic (exact) mass is 280 g/mol. The van der Waals surface area contributed by atoms with Crippen LogP contribution in [0, 0.1) is 5.82 Å². The maximum Gasteiger partial charge on any atom is 0.251 e. The molecular weight excluding hydrogens is 266 g/mol. The Bertz CT molecular complexity index is 405. The molecule has 0 fully saturated rings. The van der Waals surface area contributed by atoms with Crippen LogP contribution in [-0.4, -0.2) is 18.0 Å². The Morgan fingerprint density at radius 3 is 2.59 bits per heavy atom. The SMILES string of the molecule is CC(C)(N)CNC(=O)c1ccc(F)c(Cl)c1.Cl. The third kappa shape index (κ3) is 5.35. The second-order valence-corrected chi connectivity index (χ2v) is 4.71. The molecule has 1 aromatic rings. The molecule has 0 atom stereocenters. The summed E-state index contributed by atoms with van der Waals surface area (Å²) in [4.78, 5) is 11.6. The molecule has 0 aliphatic heterocycles. The van der Waals surface area contributed by atoms with Crippen LogP contribution < -0.4 is 11.1 Å². The molecule has 0 aromatic heterocycles. The zero-order chi connectivity index (χ0) is 12.3. The Hall–Kier alpha value is -0.840. The number of carbonyl (C=O) groups excluding carboxylic acids is 1. The van der Waals surface area contributed by atoms with Gasteiger partial charge in [-0.15, -0.1) is 12.4 Å². The summed E-state index contributed by atoms with van der Waals surface area (Å²) in [7, 11) is 0. The van der Waals surface area contributed by atoms with Crippen LogP contribution in [-0.2, 0) is 0 Å². The number of amides is 1. The molecule has 0 aliphatic carbocycles. The first-order valence-corrected chi connectivity index (χ1v) is 5.19. The standard InChI is InChI=1S/C11H14ClFN2O.ClH/c1-11(2,14)6-15-10(16)7-3-4-9(13)8(12)5-7;/h3-5H,6,14H2,1-2H3,(H,15,16);1H. The van der Waals surface area contributed by atoms with Gasteiger partial charge in [0.05, 0.1) is 5.02 Å². The molecule has 0 radical (unpaired) electrons. The lowest BCUT2D eigenvalue weighted by Gasteiger charge is -2.18. The van der Waals surface area contributed by atoms with E-state index in [2.05, 4.69) is 5.32 Å². The summed E-state index contributed by atoms with van der Waals surface area (Å²) in [6, 6.07) is 3.82. The molecule has 0 aliphatic rings. The van der Waals surface area contributed by atoms with Crippen LogP contribution in [0.4, 0.5) is 4.39 Å². The minimum atomic E-state index is -0.544. The summed E-state index contributed by atoms with van der Waals surface area (Å²) in [5, 5.41) is 2.57. The maximum absolute atomic E-state index is 12.9. The van der Waals surface area contributed by atoms with Crippen molar-refractivity contribution in [3.8, 4) is 0 Å². The van der Waals surface area contributed by atoms with E-state index in [1.54, 1.807) is 13.8 Å². The van der Waals surface area contributed by atoms with E-state index in [0.717, 1.165) is 6.07 Å². The number of carbonyl (C=O) groups is 1. The van der Waals surface area contributed by atoms with Gasteiger partial charge in [-0.2, -0.15) is 0 Å². The van der Waals surface area contributed by atoms with E-state index >= 15 is 0 Å². The van der Waals surface area contributed by atoms with Crippen molar-refractivity contribution in [2.45, 2.75) is 19.4 Å². The van der Waals surface area contributed by atoms with E-state index in [0.29, 0.717) is 12.1 Å². The van der Waals surface area contributed by atoms with Crippen molar-refractivity contribution in [3.63, 3.8) is 0 Å². The van der Waals surface area contributed by atoms with Crippen molar-refractivity contribution < 1.29 is 9.18 Å². The number of benzene rings is 1. The van der Waals surface area contributed by atoms with Gasteiger partial charge in [0, 0.05) is 17.6 Å². The molecule has 0 bridgehead atoms. The highest BCUT2D eigenvalue weighted by molar-refractivity contribution is 6.31. The van der Waals surface area contributed by atoms with Gasteiger partial charge >= 0.3 is 0 Å². The molecule has 1 amide bonds. The summed E-state index contributed by atoms with van der Waals surface area (Å²) < 4.78 is 12.9. The largest absolute Gasteiger partial charge is 0.350 e. The Kier molecular flexibility index (Phi) is 5.88. The molecule has 0 heterocycles. The first-order chi connectivity index (χ1) is 7.29. The number of hydrogen-bond donors (Lipinski definition) is 2. The Labute approximate surface area is 111 Å². The second-order valence-electron chi connectivity index (χ2n) is 4.30. The number of hydrogen-bond acceptors (Lipinski definition) is 2. The number of halogens is 3. The average molecular weight is 281 g/mol. The first-order valence-electron chi connectivity index (χ1n) is 4.82. The van der Waals surface area contributed by atoms with Gasteiger partial charge in [0.2, 0.25) is 0 Å². The van der Waals surface area contributed by atoms with Crippen LogP contribution in [0.3, 0.4) is 0 Å². The molecule has 3 nitrogen and oxygen atoms in total. The van der Waals surface area contributed by atoms with Crippen molar-refractivity contribution in [1.29, 1.82) is 0 Å². The van der Waals surface area contributed by atoms with Crippen LogP contribution in [0.2, 0.25) is 5.02 Å². The summed E-state index contributed by atoms with van der Waals surface area (Å²) in [6.45, 7) is 3.93. The quantitative estimate of drug-likeness (QED) is 0.893. The van der Waals surface area contributed by atoms with Gasteiger partial charge < -0.3 is 11.1 Å². The van der Waals surface area contributed by atoms with E-state index in [9.17, 15) is 9.18 Å². The predicted molar refractivity (Wildman–Crippen MR) is 69.3 cm³/mol. The van der Waals surface area contributed by atoms with Gasteiger partial charge in [0.25, 0.3) is 5.91 Å². The van der Waals surface area contributed by atoms with E-state index in [-0.39, 0.29) is 23.3 Å². The Balaban J connectivity index is 0.00000256. The minimum absolute atomic E-state index is 0. The highest BCUT2D eigenvalue weighted by Crippen LogP contribution is 2.15. The normalized spacial score (nSPS) is 10.6. The summed E-state index contributed by atoms with van der Waals surface area (Å²) >= 11 is 5.57. The van der Waals surface area contributed by atoms with Gasteiger partial charge in [-0.25, -0.2) is 4.39 Å². The van der Waals surface area contributed by atoms with Gasteiger partial charge in [-0.1, -0.05) is 11.6 Å². The van der Waals surface area contributed by atoms with Crippen molar-refractivity contribution >= 4 is 29.9 Å². The smallest absolute Gasteiger partial charge is 0.251 e. The van der Waals surface area contributed by atoms with E-state index in [1.165, 1.54) is 12.1 Å². The fourth-order valence-corrected chi connectivity index (χ4v) is 1.23. The zero-order valence-electron chi connectivity index (χ0n) is 9.59. The van der Waals surface area contributed by atoms with Crippen molar-refractivity contribution in [3.05, 3.63) is 34.6 Å². The molecule has 17 heavy (non-hydrogen) atoms. The topological polar surface area (TPSA) is 55.1 Å². The first kappa shape index (κ1) is 16.2. The van der Waals surface area contributed by atoms with Crippen LogP contribution >= 0.6 is 24.0 Å². The Morgan fingerprint density at radius 2 is 2.12 bits per heavy atom. The minimum Gasteiger partial charge on any atom is -0.350 e. The van der Waals surface area contributed by atoms with Gasteiger partial charge in [0.15, 0.2) is 0 Å². The van der Waals surface area contributed by atoms with Crippen molar-refractivity contribution in [2.75, 3.05) is 6.54 Å². The Morgan fingerprint density at radius 1 is 1.53 bits per heavy atom. The van der Waals surface area contributed by atoms with Gasteiger partial charge in [-0.05, 0) is 32.0 Å². The summed E-state index contributed by atoms with van der Waals surface area (Å²) in [6.07, 6.45) is 0. The molecule has 6 heteroatoms. The van der Waals surface area contributed by atoms with Crippen LogP contribution in [0.5, 0.6) is 0 Å². The molecule has 0 saturated carbocycles. The molecule has 1 aromatic carbocycles. The van der Waals surface area contributed by atoms with E-state index < -0.39 is 11.4 Å². The molecule has 96 valence electrons. The number of nitrogens with one attached hydrogen (secondary N) is 1. The fourth-order valence-electron chi connectivity index (χ4n) is 1.05. The summed E-state index contributed by atoms with van der Waals surface area (Å²) in [5.41, 5.74) is 5.54.